The Hall–Kier alpha value is -2.96. The number of hydrogen-bond donors (Lipinski definition) is 2. The van der Waals surface area contributed by atoms with Crippen LogP contribution in [0.5, 0.6) is 0 Å². The van der Waals surface area contributed by atoms with Crippen LogP contribution in [0.1, 0.15) is 24.0 Å². The lowest BCUT2D eigenvalue weighted by Crippen LogP contribution is -2.46. The van der Waals surface area contributed by atoms with Crippen LogP contribution in [0.15, 0.2) is 48.8 Å². The van der Waals surface area contributed by atoms with E-state index < -0.39 is 0 Å². The Bertz CT molecular complexity index is 785. The van der Waals surface area contributed by atoms with Crippen molar-refractivity contribution in [3.63, 3.8) is 0 Å². The van der Waals surface area contributed by atoms with Crippen LogP contribution in [-0.4, -0.2) is 41.0 Å². The Balaban J connectivity index is 1.59. The highest BCUT2D eigenvalue weighted by atomic mass is 19.1. The molecule has 1 atom stereocenters. The molecule has 7 heteroatoms. The van der Waals surface area contributed by atoms with Crippen LogP contribution in [0.4, 0.5) is 9.18 Å². The molecule has 0 unspecified atom stereocenters. The topological polar surface area (TPSA) is 74.3 Å². The molecule has 1 aliphatic heterocycles. The molecule has 1 aliphatic rings. The lowest BCUT2D eigenvalue weighted by atomic mass is 10.1. The molecular weight excluding hydrogens is 347 g/mol. The third-order valence-corrected chi connectivity index (χ3v) is 4.54. The number of hydrogen-bond acceptors (Lipinski definition) is 3. The fourth-order valence-corrected chi connectivity index (χ4v) is 3.13. The summed E-state index contributed by atoms with van der Waals surface area (Å²) in [5.41, 5.74) is 1.48. The van der Waals surface area contributed by atoms with E-state index in [9.17, 15) is 14.0 Å². The van der Waals surface area contributed by atoms with Gasteiger partial charge in [-0.2, -0.15) is 0 Å². The number of rotatable bonds is 7. The van der Waals surface area contributed by atoms with E-state index in [1.54, 1.807) is 35.5 Å². The molecule has 2 N–H and O–H groups in total. The second-order valence-electron chi connectivity index (χ2n) is 6.62. The van der Waals surface area contributed by atoms with Gasteiger partial charge in [0, 0.05) is 44.5 Å². The monoisotopic (exact) mass is 370 g/mol. The standard InChI is InChI=1S/C20H23FN4O2/c21-18-6-2-1-5-16(18)9-11-23-20(27)25(13-15-4-3-10-22-12-15)14-17-7-8-19(26)24-17/h1-6,10,12,17H,7-9,11,13-14H2,(H,23,27)(H,24,26)/t17-/m0/s1. The fraction of sp³-hybridized carbons (Fsp3) is 0.350. The van der Waals surface area contributed by atoms with E-state index in [1.165, 1.54) is 6.07 Å². The summed E-state index contributed by atoms with van der Waals surface area (Å²) in [6.45, 7) is 1.15. The van der Waals surface area contributed by atoms with Crippen LogP contribution in [0.3, 0.4) is 0 Å². The van der Waals surface area contributed by atoms with Crippen molar-refractivity contribution in [2.24, 2.45) is 0 Å². The molecule has 27 heavy (non-hydrogen) atoms. The normalized spacial score (nSPS) is 16.0. The molecule has 1 fully saturated rings. The summed E-state index contributed by atoms with van der Waals surface area (Å²) in [6, 6.07) is 9.97. The number of pyridine rings is 1. The molecule has 6 nitrogen and oxygen atoms in total. The van der Waals surface area contributed by atoms with Crippen molar-refractivity contribution >= 4 is 11.9 Å². The number of urea groups is 1. The van der Waals surface area contributed by atoms with E-state index in [2.05, 4.69) is 15.6 Å². The molecular formula is C20H23FN4O2. The Morgan fingerprint density at radius 3 is 2.85 bits per heavy atom. The van der Waals surface area contributed by atoms with Crippen LogP contribution in [-0.2, 0) is 17.8 Å². The number of carbonyl (C=O) groups is 2. The maximum atomic E-state index is 13.7. The predicted molar refractivity (Wildman–Crippen MR) is 99.3 cm³/mol. The summed E-state index contributed by atoms with van der Waals surface area (Å²) in [4.78, 5) is 29.9. The SMILES string of the molecule is O=C1CC[C@@H](CN(Cc2cccnc2)C(=O)NCCc2ccccc2F)N1. The van der Waals surface area contributed by atoms with Gasteiger partial charge in [0.1, 0.15) is 5.82 Å². The predicted octanol–water partition coefficient (Wildman–Crippen LogP) is 2.25. The molecule has 0 aliphatic carbocycles. The van der Waals surface area contributed by atoms with Crippen LogP contribution in [0.2, 0.25) is 0 Å². The van der Waals surface area contributed by atoms with E-state index >= 15 is 0 Å². The third-order valence-electron chi connectivity index (χ3n) is 4.54. The van der Waals surface area contributed by atoms with E-state index in [1.807, 2.05) is 12.1 Å². The molecule has 0 bridgehead atoms. The second-order valence-corrected chi connectivity index (χ2v) is 6.62. The van der Waals surface area contributed by atoms with Crippen molar-refractivity contribution in [2.75, 3.05) is 13.1 Å². The summed E-state index contributed by atoms with van der Waals surface area (Å²) in [5.74, 6) is -0.256. The third kappa shape index (κ3) is 5.51. The van der Waals surface area contributed by atoms with E-state index in [0.29, 0.717) is 44.5 Å². The number of halogens is 1. The summed E-state index contributed by atoms with van der Waals surface area (Å²) < 4.78 is 13.7. The Morgan fingerprint density at radius 2 is 2.15 bits per heavy atom. The summed E-state index contributed by atoms with van der Waals surface area (Å²) in [7, 11) is 0. The van der Waals surface area contributed by atoms with Crippen LogP contribution < -0.4 is 10.6 Å². The van der Waals surface area contributed by atoms with Gasteiger partial charge >= 0.3 is 6.03 Å². The van der Waals surface area contributed by atoms with Crippen molar-refractivity contribution in [1.29, 1.82) is 0 Å². The maximum Gasteiger partial charge on any atom is 0.317 e. The van der Waals surface area contributed by atoms with Crippen molar-refractivity contribution in [3.8, 4) is 0 Å². The molecule has 0 spiro atoms. The highest BCUT2D eigenvalue weighted by Gasteiger charge is 2.25. The van der Waals surface area contributed by atoms with Crippen LogP contribution in [0, 0.1) is 5.82 Å². The first-order valence-electron chi connectivity index (χ1n) is 9.06. The first-order valence-corrected chi connectivity index (χ1v) is 9.06. The molecule has 0 radical (unpaired) electrons. The van der Waals surface area contributed by atoms with Gasteiger partial charge < -0.3 is 15.5 Å². The lowest BCUT2D eigenvalue weighted by molar-refractivity contribution is -0.119. The molecule has 2 aromatic rings. The van der Waals surface area contributed by atoms with Crippen molar-refractivity contribution in [1.82, 2.24) is 20.5 Å². The van der Waals surface area contributed by atoms with E-state index in [4.69, 9.17) is 0 Å². The summed E-state index contributed by atoms with van der Waals surface area (Å²) in [6.07, 6.45) is 5.01. The number of aromatic nitrogens is 1. The van der Waals surface area contributed by atoms with E-state index in [0.717, 1.165) is 5.56 Å². The fourth-order valence-electron chi connectivity index (χ4n) is 3.13. The summed E-state index contributed by atoms with van der Waals surface area (Å²) >= 11 is 0. The molecule has 3 rings (SSSR count). The molecule has 0 saturated carbocycles. The average Bonchev–Trinajstić information content (AvgIpc) is 3.08. The minimum absolute atomic E-state index is 0.0151. The minimum atomic E-state index is -0.271. The van der Waals surface area contributed by atoms with Gasteiger partial charge in [0.05, 0.1) is 0 Å². The number of carbonyl (C=O) groups excluding carboxylic acids is 2. The first kappa shape index (κ1) is 18.8. The average molecular weight is 370 g/mol. The number of amides is 3. The van der Waals surface area contributed by atoms with Gasteiger partial charge in [0.2, 0.25) is 5.91 Å². The molecule has 1 aromatic carbocycles. The van der Waals surface area contributed by atoms with Crippen molar-refractivity contribution < 1.29 is 14.0 Å². The van der Waals surface area contributed by atoms with Gasteiger partial charge in [-0.3, -0.25) is 9.78 Å². The van der Waals surface area contributed by atoms with Crippen LogP contribution >= 0.6 is 0 Å². The Labute approximate surface area is 157 Å². The van der Waals surface area contributed by atoms with Crippen molar-refractivity contribution in [3.05, 3.63) is 65.7 Å². The molecule has 2 heterocycles. The largest absolute Gasteiger partial charge is 0.352 e. The molecule has 3 amide bonds. The minimum Gasteiger partial charge on any atom is -0.352 e. The van der Waals surface area contributed by atoms with Gasteiger partial charge in [-0.1, -0.05) is 24.3 Å². The Kier molecular flexibility index (Phi) is 6.35. The molecule has 1 saturated heterocycles. The first-order chi connectivity index (χ1) is 13.1. The number of benzene rings is 1. The molecule has 1 aromatic heterocycles. The summed E-state index contributed by atoms with van der Waals surface area (Å²) in [5, 5.41) is 5.74. The number of nitrogens with zero attached hydrogens (tertiary/aromatic N) is 2. The van der Waals surface area contributed by atoms with E-state index in [-0.39, 0.29) is 23.8 Å². The lowest BCUT2D eigenvalue weighted by Gasteiger charge is -2.26. The highest BCUT2D eigenvalue weighted by molar-refractivity contribution is 5.79. The molecule has 142 valence electrons. The van der Waals surface area contributed by atoms with Gasteiger partial charge in [-0.05, 0) is 36.1 Å². The quantitative estimate of drug-likeness (QED) is 0.785. The van der Waals surface area contributed by atoms with Crippen molar-refractivity contribution in [2.45, 2.75) is 31.8 Å². The number of nitrogens with one attached hydrogen (secondary N) is 2. The smallest absolute Gasteiger partial charge is 0.317 e. The zero-order chi connectivity index (χ0) is 19.1. The zero-order valence-corrected chi connectivity index (χ0v) is 15.0. The zero-order valence-electron chi connectivity index (χ0n) is 15.0. The van der Waals surface area contributed by atoms with Gasteiger partial charge in [-0.15, -0.1) is 0 Å². The van der Waals surface area contributed by atoms with Crippen LogP contribution in [0.25, 0.3) is 0 Å². The van der Waals surface area contributed by atoms with Gasteiger partial charge in [0.25, 0.3) is 0 Å². The van der Waals surface area contributed by atoms with Gasteiger partial charge in [-0.25, -0.2) is 9.18 Å². The Morgan fingerprint density at radius 1 is 1.30 bits per heavy atom. The van der Waals surface area contributed by atoms with Gasteiger partial charge in [0.15, 0.2) is 0 Å². The highest BCUT2D eigenvalue weighted by Crippen LogP contribution is 2.12. The second kappa shape index (κ2) is 9.12. The maximum absolute atomic E-state index is 13.7.